The van der Waals surface area contributed by atoms with Gasteiger partial charge in [0.25, 0.3) is 10.0 Å². The average Bonchev–Trinajstić information content (AvgIpc) is 3.24. The Kier molecular flexibility index (Phi) is 7.09. The van der Waals surface area contributed by atoms with Crippen LogP contribution in [0.1, 0.15) is 11.9 Å². The summed E-state index contributed by atoms with van der Waals surface area (Å²) in [5.74, 6) is 0.243. The highest BCUT2D eigenvalue weighted by molar-refractivity contribution is 7.90. The van der Waals surface area contributed by atoms with Gasteiger partial charge in [-0.3, -0.25) is 0 Å². The first-order valence-electron chi connectivity index (χ1n) is 9.34. The van der Waals surface area contributed by atoms with Crippen LogP contribution < -0.4 is 21.5 Å². The molecule has 0 unspecified atom stereocenters. The number of nitrogens with zero attached hydrogens (tertiary/aromatic N) is 3. The summed E-state index contributed by atoms with van der Waals surface area (Å²) in [5.41, 5.74) is 12.9. The summed E-state index contributed by atoms with van der Waals surface area (Å²) in [4.78, 5) is 4.49. The molecule has 0 fully saturated rings. The molecule has 11 heteroatoms. The number of rotatable bonds is 8. The summed E-state index contributed by atoms with van der Waals surface area (Å²) in [5, 5.41) is 14.9. The first kappa shape index (κ1) is 22.8. The highest BCUT2D eigenvalue weighted by atomic mass is 32.2. The predicted octanol–water partition coefficient (Wildman–Crippen LogP) is 3.15. The molecule has 0 spiro atoms. The third kappa shape index (κ3) is 5.63. The van der Waals surface area contributed by atoms with Gasteiger partial charge in [0.15, 0.2) is 0 Å². The van der Waals surface area contributed by atoms with E-state index in [-0.39, 0.29) is 4.90 Å². The van der Waals surface area contributed by atoms with E-state index in [0.29, 0.717) is 22.9 Å². The number of nitrogens with one attached hydrogen (secondary N) is 1. The van der Waals surface area contributed by atoms with Crippen molar-refractivity contribution >= 4 is 38.6 Å². The largest absolute Gasteiger partial charge is 0.494 e. The third-order valence-electron chi connectivity index (χ3n) is 4.08. The van der Waals surface area contributed by atoms with Gasteiger partial charge in [-0.2, -0.15) is 13.7 Å². The maximum Gasteiger partial charge on any atom is 0.285 e. The Labute approximate surface area is 189 Å². The molecule has 0 aliphatic rings. The van der Waals surface area contributed by atoms with E-state index >= 15 is 0 Å². The molecule has 1 aromatic heterocycles. The summed E-state index contributed by atoms with van der Waals surface area (Å²) in [6.45, 7) is 2.52. The van der Waals surface area contributed by atoms with Crippen LogP contribution in [0, 0.1) is 11.3 Å². The quantitative estimate of drug-likeness (QED) is 0.258. The number of hydrogen-bond acceptors (Lipinski definition) is 7. The van der Waals surface area contributed by atoms with Crippen LogP contribution in [0.4, 0.5) is 5.69 Å². The number of ether oxygens (including phenoxy) is 1. The van der Waals surface area contributed by atoms with Gasteiger partial charge in [-0.05, 0) is 55.5 Å². The molecule has 0 bridgehead atoms. The maximum atomic E-state index is 12.0. The van der Waals surface area contributed by atoms with Crippen molar-refractivity contribution in [2.75, 3.05) is 11.9 Å². The van der Waals surface area contributed by atoms with E-state index < -0.39 is 16.0 Å². The van der Waals surface area contributed by atoms with Crippen LogP contribution in [-0.2, 0) is 10.0 Å². The summed E-state index contributed by atoms with van der Waals surface area (Å²) >= 11 is 1.35. The lowest BCUT2D eigenvalue weighted by Crippen LogP contribution is -2.24. The van der Waals surface area contributed by atoms with E-state index in [1.54, 1.807) is 0 Å². The van der Waals surface area contributed by atoms with E-state index in [1.165, 1.54) is 41.8 Å². The number of aromatic nitrogens is 1. The highest BCUT2D eigenvalue weighted by Crippen LogP contribution is 2.27. The van der Waals surface area contributed by atoms with Crippen LogP contribution in [0.3, 0.4) is 0 Å². The molecule has 3 aromatic rings. The summed E-state index contributed by atoms with van der Waals surface area (Å²) in [6, 6.07) is 15.5. The lowest BCUT2D eigenvalue weighted by atomic mass is 10.2. The monoisotopic (exact) mass is 468 g/mol. The van der Waals surface area contributed by atoms with Crippen LogP contribution >= 0.6 is 11.3 Å². The molecule has 0 saturated carbocycles. The molecule has 0 amide bonds. The van der Waals surface area contributed by atoms with E-state index in [2.05, 4.69) is 20.8 Å². The van der Waals surface area contributed by atoms with Crippen molar-refractivity contribution in [3.05, 3.63) is 65.1 Å². The van der Waals surface area contributed by atoms with Crippen LogP contribution in [0.2, 0.25) is 0 Å². The second kappa shape index (κ2) is 9.95. The number of sulfonamides is 1. The molecular weight excluding hydrogens is 448 g/mol. The van der Waals surface area contributed by atoms with Gasteiger partial charge in [0, 0.05) is 22.8 Å². The van der Waals surface area contributed by atoms with Gasteiger partial charge < -0.3 is 21.5 Å². The average molecular weight is 469 g/mol. The molecule has 164 valence electrons. The Balaban J connectivity index is 1.75. The number of thiazole rings is 1. The van der Waals surface area contributed by atoms with Crippen molar-refractivity contribution < 1.29 is 13.2 Å². The molecule has 0 radical (unpaired) electrons. The van der Waals surface area contributed by atoms with Gasteiger partial charge in [0.2, 0.25) is 5.96 Å². The number of guanidine groups is 1. The molecule has 5 N–H and O–H groups in total. The Morgan fingerprint density at radius 1 is 1.22 bits per heavy atom. The number of allylic oxidation sites excluding steroid dienone is 1. The fourth-order valence-corrected chi connectivity index (χ4v) is 4.29. The van der Waals surface area contributed by atoms with Gasteiger partial charge in [-0.25, -0.2) is 4.98 Å². The molecule has 0 aliphatic heterocycles. The lowest BCUT2D eigenvalue weighted by molar-refractivity contribution is 0.340. The number of hydrogen-bond donors (Lipinski definition) is 3. The molecule has 9 nitrogen and oxygen atoms in total. The van der Waals surface area contributed by atoms with Crippen LogP contribution in [0.15, 0.2) is 69.4 Å². The van der Waals surface area contributed by atoms with Crippen LogP contribution in [-0.4, -0.2) is 26.0 Å². The molecule has 0 aliphatic carbocycles. The van der Waals surface area contributed by atoms with Crippen molar-refractivity contribution in [3.63, 3.8) is 0 Å². The van der Waals surface area contributed by atoms with Gasteiger partial charge >= 0.3 is 0 Å². The second-order valence-corrected chi connectivity index (χ2v) is 8.79. The Morgan fingerprint density at radius 3 is 2.50 bits per heavy atom. The van der Waals surface area contributed by atoms with Gasteiger partial charge in [-0.1, -0.05) is 0 Å². The molecule has 32 heavy (non-hydrogen) atoms. The minimum atomic E-state index is -3.96. The summed E-state index contributed by atoms with van der Waals surface area (Å²) < 4.78 is 32.6. The van der Waals surface area contributed by atoms with E-state index in [4.69, 9.17) is 16.2 Å². The van der Waals surface area contributed by atoms with Crippen LogP contribution in [0.5, 0.6) is 5.75 Å². The number of nitriles is 1. The molecule has 3 rings (SSSR count). The Bertz CT molecular complexity index is 1280. The predicted molar refractivity (Wildman–Crippen MR) is 125 cm³/mol. The van der Waals surface area contributed by atoms with Gasteiger partial charge in [0.05, 0.1) is 17.2 Å². The van der Waals surface area contributed by atoms with Crippen molar-refractivity contribution in [2.45, 2.75) is 11.8 Å². The van der Waals surface area contributed by atoms with Crippen molar-refractivity contribution in [1.29, 1.82) is 5.26 Å². The number of anilines is 1. The number of benzene rings is 2. The molecule has 1 heterocycles. The van der Waals surface area contributed by atoms with Gasteiger partial charge in [0.1, 0.15) is 22.4 Å². The van der Waals surface area contributed by atoms with E-state index in [9.17, 15) is 13.7 Å². The first-order chi connectivity index (χ1) is 15.3. The zero-order valence-corrected chi connectivity index (χ0v) is 18.7. The first-order valence-corrected chi connectivity index (χ1v) is 11.7. The zero-order valence-electron chi connectivity index (χ0n) is 17.0. The number of nitrogens with two attached hydrogens (primary N) is 2. The fraction of sp³-hybridized carbons (Fsp3) is 0.0952. The molecular formula is C21H20N6O3S2. The van der Waals surface area contributed by atoms with Crippen molar-refractivity contribution in [1.82, 2.24) is 4.98 Å². The van der Waals surface area contributed by atoms with Gasteiger partial charge in [-0.15, -0.1) is 15.7 Å². The van der Waals surface area contributed by atoms with E-state index in [0.717, 1.165) is 17.0 Å². The third-order valence-corrected chi connectivity index (χ3v) is 6.27. The molecule has 0 atom stereocenters. The Hall–Kier alpha value is -3.88. The maximum absolute atomic E-state index is 12.0. The summed E-state index contributed by atoms with van der Waals surface area (Å²) in [6.07, 6.45) is 1.51. The van der Waals surface area contributed by atoms with Crippen molar-refractivity contribution in [3.8, 4) is 23.1 Å². The minimum absolute atomic E-state index is 0.0548. The Morgan fingerprint density at radius 2 is 1.91 bits per heavy atom. The van der Waals surface area contributed by atoms with E-state index in [1.807, 2.05) is 36.6 Å². The normalized spacial score (nSPS) is 11.4. The van der Waals surface area contributed by atoms with Crippen LogP contribution in [0.25, 0.3) is 16.8 Å². The SMILES string of the molecule is CCOc1ccc(-c2csc(C(C#N)=CNc3ccc(S(=O)(=O)N=C(N)N)cc3)n2)cc1. The smallest absolute Gasteiger partial charge is 0.285 e. The second-order valence-electron chi connectivity index (χ2n) is 6.33. The minimum Gasteiger partial charge on any atom is -0.494 e. The molecule has 0 saturated heterocycles. The van der Waals surface area contributed by atoms with Crippen molar-refractivity contribution in [2.24, 2.45) is 15.9 Å². The standard InChI is InChI=1S/C21H20N6O3S2/c1-2-30-17-7-3-14(4-8-17)19-13-31-20(26-19)15(11-22)12-25-16-5-9-18(10-6-16)32(28,29)27-21(23)24/h3-10,12-13,25H,2H2,1H3,(H4,23,24,27). The summed E-state index contributed by atoms with van der Waals surface area (Å²) in [7, 11) is -3.96. The molecule has 2 aromatic carbocycles. The fourth-order valence-electron chi connectivity index (χ4n) is 2.63. The topological polar surface area (TPSA) is 156 Å². The lowest BCUT2D eigenvalue weighted by Gasteiger charge is -2.04. The highest BCUT2D eigenvalue weighted by Gasteiger charge is 2.13. The zero-order chi connectivity index (χ0) is 23.1.